The first-order valence-electron chi connectivity index (χ1n) is 3.69. The van der Waals surface area contributed by atoms with Crippen molar-refractivity contribution in [1.29, 1.82) is 0 Å². The van der Waals surface area contributed by atoms with Crippen LogP contribution in [0.2, 0.25) is 0 Å². The minimum atomic E-state index is -1.53. The van der Waals surface area contributed by atoms with Crippen molar-refractivity contribution in [2.24, 2.45) is 0 Å². The molecule has 4 nitrogen and oxygen atoms in total. The third-order valence-electron chi connectivity index (χ3n) is 1.36. The zero-order chi connectivity index (χ0) is 8.97. The zero-order valence-corrected chi connectivity index (χ0v) is 6.77. The summed E-state index contributed by atoms with van der Waals surface area (Å²) in [5, 5.41) is 17.7. The summed E-state index contributed by atoms with van der Waals surface area (Å²) < 4.78 is 5.07. The Hall–Kier alpha value is -1.07. The van der Waals surface area contributed by atoms with Gasteiger partial charge in [0.2, 0.25) is 5.88 Å². The van der Waals surface area contributed by atoms with Crippen molar-refractivity contribution in [2.45, 2.75) is 6.92 Å². The molecular weight excluding hydrogens is 157 g/mol. The van der Waals surface area contributed by atoms with Gasteiger partial charge in [0.05, 0.1) is 6.61 Å². The first kappa shape index (κ1) is 9.03. The van der Waals surface area contributed by atoms with Gasteiger partial charge in [-0.3, -0.25) is 0 Å². The lowest BCUT2D eigenvalue weighted by Crippen LogP contribution is -2.31. The van der Waals surface area contributed by atoms with E-state index in [1.165, 1.54) is 6.20 Å². The minimum absolute atomic E-state index is 0.273. The van der Waals surface area contributed by atoms with E-state index < -0.39 is 7.12 Å². The van der Waals surface area contributed by atoms with Gasteiger partial charge < -0.3 is 14.8 Å². The van der Waals surface area contributed by atoms with E-state index in [2.05, 4.69) is 4.98 Å². The van der Waals surface area contributed by atoms with Crippen LogP contribution in [0.1, 0.15) is 6.92 Å². The highest BCUT2D eigenvalue weighted by Gasteiger charge is 2.16. The molecule has 5 heteroatoms. The third-order valence-corrected chi connectivity index (χ3v) is 1.36. The lowest BCUT2D eigenvalue weighted by molar-refractivity contribution is 0.327. The zero-order valence-electron chi connectivity index (χ0n) is 6.77. The lowest BCUT2D eigenvalue weighted by Gasteiger charge is -2.06. The minimum Gasteiger partial charge on any atom is -0.478 e. The highest BCUT2D eigenvalue weighted by Crippen LogP contribution is 2.00. The maximum atomic E-state index is 8.87. The second-order valence-corrected chi connectivity index (χ2v) is 2.20. The monoisotopic (exact) mass is 167 g/mol. The van der Waals surface area contributed by atoms with Gasteiger partial charge >= 0.3 is 7.12 Å². The van der Waals surface area contributed by atoms with E-state index in [0.29, 0.717) is 12.1 Å². The van der Waals surface area contributed by atoms with Gasteiger partial charge in [-0.1, -0.05) is 6.07 Å². The molecule has 0 aliphatic carbocycles. The molecule has 0 atom stereocenters. The van der Waals surface area contributed by atoms with Crippen LogP contribution in [0, 0.1) is 0 Å². The highest BCUT2D eigenvalue weighted by molar-refractivity contribution is 6.59. The average Bonchev–Trinajstić information content (AvgIpc) is 2.05. The van der Waals surface area contributed by atoms with Crippen LogP contribution >= 0.6 is 0 Å². The fourth-order valence-corrected chi connectivity index (χ4v) is 0.857. The van der Waals surface area contributed by atoms with Crippen molar-refractivity contribution in [3.8, 4) is 5.88 Å². The van der Waals surface area contributed by atoms with Gasteiger partial charge in [0.25, 0.3) is 0 Å². The molecule has 0 fully saturated rings. The summed E-state index contributed by atoms with van der Waals surface area (Å²) in [6.45, 7) is 2.26. The largest absolute Gasteiger partial charge is 0.494 e. The molecule has 0 unspecified atom stereocenters. The number of ether oxygens (including phenoxy) is 1. The lowest BCUT2D eigenvalue weighted by atomic mass is 9.81. The number of hydrogen-bond acceptors (Lipinski definition) is 4. The van der Waals surface area contributed by atoms with E-state index in [0.717, 1.165) is 0 Å². The molecule has 12 heavy (non-hydrogen) atoms. The number of pyridine rings is 1. The fraction of sp³-hybridized carbons (Fsp3) is 0.286. The van der Waals surface area contributed by atoms with E-state index in [-0.39, 0.29) is 5.88 Å². The van der Waals surface area contributed by atoms with Crippen molar-refractivity contribution < 1.29 is 14.8 Å². The summed E-state index contributed by atoms with van der Waals surface area (Å²) in [7, 11) is -1.53. The van der Waals surface area contributed by atoms with Crippen LogP contribution in [0.3, 0.4) is 0 Å². The molecule has 0 bridgehead atoms. The Morgan fingerprint density at radius 3 is 2.92 bits per heavy atom. The Kier molecular flexibility index (Phi) is 3.07. The normalized spacial score (nSPS) is 9.58. The summed E-state index contributed by atoms with van der Waals surface area (Å²) >= 11 is 0. The van der Waals surface area contributed by atoms with E-state index in [1.807, 2.05) is 6.92 Å². The summed E-state index contributed by atoms with van der Waals surface area (Å²) in [5.41, 5.74) is 0.291. The van der Waals surface area contributed by atoms with Gasteiger partial charge in [-0.2, -0.15) is 0 Å². The van der Waals surface area contributed by atoms with Gasteiger partial charge in [0.15, 0.2) is 0 Å². The van der Waals surface area contributed by atoms with Crippen LogP contribution < -0.4 is 10.2 Å². The van der Waals surface area contributed by atoms with E-state index in [4.69, 9.17) is 14.8 Å². The summed E-state index contributed by atoms with van der Waals surface area (Å²) in [6, 6.07) is 3.18. The third kappa shape index (κ3) is 1.96. The van der Waals surface area contributed by atoms with Gasteiger partial charge in [-0.25, -0.2) is 4.98 Å². The van der Waals surface area contributed by atoms with E-state index in [1.54, 1.807) is 12.1 Å². The smallest absolute Gasteiger partial charge is 0.478 e. The Labute approximate surface area is 71.0 Å². The van der Waals surface area contributed by atoms with Gasteiger partial charge in [0, 0.05) is 11.7 Å². The Balaban J connectivity index is 2.92. The Bertz CT molecular complexity index is 254. The molecule has 0 saturated heterocycles. The van der Waals surface area contributed by atoms with Crippen molar-refractivity contribution in [2.75, 3.05) is 6.61 Å². The van der Waals surface area contributed by atoms with Crippen molar-refractivity contribution in [3.05, 3.63) is 18.3 Å². The fourth-order valence-electron chi connectivity index (χ4n) is 0.857. The second-order valence-electron chi connectivity index (χ2n) is 2.20. The maximum absolute atomic E-state index is 8.87. The standard InChI is InChI=1S/C7H10BNO3/c1-2-12-7-6(8(10)11)4-3-5-9-7/h3-5,10-11H,2H2,1H3. The highest BCUT2D eigenvalue weighted by atomic mass is 16.5. The number of aromatic nitrogens is 1. The quantitative estimate of drug-likeness (QED) is 0.576. The van der Waals surface area contributed by atoms with Crippen molar-refractivity contribution in [3.63, 3.8) is 0 Å². The molecule has 2 N–H and O–H groups in total. The SMILES string of the molecule is CCOc1ncccc1B(O)O. The number of rotatable bonds is 3. The van der Waals surface area contributed by atoms with Crippen LogP contribution in [-0.2, 0) is 0 Å². The molecule has 0 saturated carbocycles. The van der Waals surface area contributed by atoms with Gasteiger partial charge in [-0.05, 0) is 13.0 Å². The molecule has 1 aromatic rings. The van der Waals surface area contributed by atoms with Crippen molar-refractivity contribution >= 4 is 12.6 Å². The first-order chi connectivity index (χ1) is 5.75. The summed E-state index contributed by atoms with van der Waals surface area (Å²) in [6.07, 6.45) is 1.54. The second kappa shape index (κ2) is 4.08. The van der Waals surface area contributed by atoms with E-state index >= 15 is 0 Å². The van der Waals surface area contributed by atoms with Crippen LogP contribution in [0.15, 0.2) is 18.3 Å². The number of nitrogens with zero attached hydrogens (tertiary/aromatic N) is 1. The van der Waals surface area contributed by atoms with E-state index in [9.17, 15) is 0 Å². The van der Waals surface area contributed by atoms with Gasteiger partial charge in [0.1, 0.15) is 0 Å². The molecule has 64 valence electrons. The van der Waals surface area contributed by atoms with Gasteiger partial charge in [-0.15, -0.1) is 0 Å². The average molecular weight is 167 g/mol. The molecule has 1 rings (SSSR count). The van der Waals surface area contributed by atoms with Crippen LogP contribution in [0.4, 0.5) is 0 Å². The van der Waals surface area contributed by atoms with Crippen LogP contribution in [0.5, 0.6) is 5.88 Å². The molecule has 0 aliphatic rings. The molecule has 1 aromatic heterocycles. The predicted octanol–water partition coefficient (Wildman–Crippen LogP) is -0.840. The molecular formula is C7H10BNO3. The Morgan fingerprint density at radius 1 is 1.58 bits per heavy atom. The first-order valence-corrected chi connectivity index (χ1v) is 3.69. The maximum Gasteiger partial charge on any atom is 0.494 e. The van der Waals surface area contributed by atoms with Crippen LogP contribution in [0.25, 0.3) is 0 Å². The summed E-state index contributed by atoms with van der Waals surface area (Å²) in [5.74, 6) is 0.273. The van der Waals surface area contributed by atoms with Crippen LogP contribution in [-0.4, -0.2) is 28.8 Å². The number of hydrogen-bond donors (Lipinski definition) is 2. The molecule has 0 radical (unpaired) electrons. The molecule has 0 amide bonds. The molecule has 0 aromatic carbocycles. The molecule has 1 heterocycles. The van der Waals surface area contributed by atoms with Crippen molar-refractivity contribution in [1.82, 2.24) is 4.98 Å². The Morgan fingerprint density at radius 2 is 2.33 bits per heavy atom. The predicted molar refractivity (Wildman–Crippen MR) is 45.2 cm³/mol. The molecule has 0 aliphatic heterocycles. The topological polar surface area (TPSA) is 62.6 Å². The summed E-state index contributed by atoms with van der Waals surface area (Å²) in [4.78, 5) is 3.85. The molecule has 0 spiro atoms.